The molecule has 2 aromatic heterocycles. The number of fused-ring (bicyclic) bond motifs is 1. The van der Waals surface area contributed by atoms with E-state index in [1.54, 1.807) is 25.3 Å². The summed E-state index contributed by atoms with van der Waals surface area (Å²) in [5.74, 6) is 0.916. The summed E-state index contributed by atoms with van der Waals surface area (Å²) in [7, 11) is 5.00. The van der Waals surface area contributed by atoms with Crippen LogP contribution in [0.2, 0.25) is 0 Å². The summed E-state index contributed by atoms with van der Waals surface area (Å²) in [6, 6.07) is 15.0. The number of nitrogens with one attached hydrogen (secondary N) is 1. The van der Waals surface area contributed by atoms with Crippen LogP contribution in [0.3, 0.4) is 0 Å². The molecule has 2 aromatic carbocycles. The number of benzene rings is 2. The van der Waals surface area contributed by atoms with E-state index in [0.29, 0.717) is 28.4 Å². The maximum atomic E-state index is 13.3. The Hall–Kier alpha value is -4.07. The predicted octanol–water partition coefficient (Wildman–Crippen LogP) is 3.91. The molecule has 0 aliphatic heterocycles. The molecule has 0 bridgehead atoms. The Morgan fingerprint density at radius 3 is 2.53 bits per heavy atom. The minimum Gasteiger partial charge on any atom is -0.497 e. The number of nitrogens with zero attached hydrogens (tertiary/aromatic N) is 3. The van der Waals surface area contributed by atoms with Crippen LogP contribution < -0.4 is 20.3 Å². The number of aryl methyl sites for hydroxylation is 2. The molecule has 0 saturated heterocycles. The molecule has 0 spiro atoms. The van der Waals surface area contributed by atoms with Crippen molar-refractivity contribution < 1.29 is 14.3 Å². The zero-order chi connectivity index (χ0) is 24.4. The highest BCUT2D eigenvalue weighted by Crippen LogP contribution is 2.29. The Morgan fingerprint density at radius 1 is 1.06 bits per heavy atom. The molecule has 0 saturated carbocycles. The third-order valence-electron chi connectivity index (χ3n) is 6.13. The van der Waals surface area contributed by atoms with Crippen molar-refractivity contribution >= 4 is 17.2 Å². The summed E-state index contributed by atoms with van der Waals surface area (Å²) in [4.78, 5) is 26.0. The fourth-order valence-electron chi connectivity index (χ4n) is 4.05. The van der Waals surface area contributed by atoms with Gasteiger partial charge < -0.3 is 19.4 Å². The van der Waals surface area contributed by atoms with Crippen molar-refractivity contribution in [2.45, 2.75) is 26.7 Å². The van der Waals surface area contributed by atoms with E-state index in [-0.39, 0.29) is 24.3 Å². The number of rotatable bonds is 7. The van der Waals surface area contributed by atoms with Crippen LogP contribution in [0, 0.1) is 13.8 Å². The summed E-state index contributed by atoms with van der Waals surface area (Å²) in [5.41, 5.74) is 5.23. The van der Waals surface area contributed by atoms with Gasteiger partial charge in [0.25, 0.3) is 5.56 Å². The van der Waals surface area contributed by atoms with Crippen LogP contribution in [-0.2, 0) is 18.3 Å². The summed E-state index contributed by atoms with van der Waals surface area (Å²) >= 11 is 0. The number of ether oxygens (including phenoxy) is 2. The summed E-state index contributed by atoms with van der Waals surface area (Å²) in [6.45, 7) is 3.91. The van der Waals surface area contributed by atoms with Crippen LogP contribution in [0.4, 0.5) is 5.69 Å². The maximum absolute atomic E-state index is 13.3. The molecule has 0 aliphatic carbocycles. The lowest BCUT2D eigenvalue weighted by Crippen LogP contribution is -2.26. The highest BCUT2D eigenvalue weighted by Gasteiger charge is 2.18. The van der Waals surface area contributed by atoms with E-state index in [9.17, 15) is 9.59 Å². The molecule has 0 radical (unpaired) electrons. The standard InChI is InChI=1S/C26H28N4O4/c1-16-8-6-7-9-19(16)22-15-25-29(3)17(2)20(26(32)30(25)28-22)11-13-24(31)27-21-12-10-18(33-4)14-23(21)34-5/h6-10,12,14-15H,11,13H2,1-5H3,(H,27,31). The van der Waals surface area contributed by atoms with Crippen molar-refractivity contribution in [1.29, 1.82) is 0 Å². The van der Waals surface area contributed by atoms with Gasteiger partial charge >= 0.3 is 0 Å². The Morgan fingerprint density at radius 2 is 1.82 bits per heavy atom. The minimum atomic E-state index is -0.217. The number of carbonyl (C=O) groups is 1. The molecule has 4 rings (SSSR count). The number of hydrogen-bond donors (Lipinski definition) is 1. The normalized spacial score (nSPS) is 11.0. The van der Waals surface area contributed by atoms with Gasteiger partial charge in [-0.2, -0.15) is 9.61 Å². The molecule has 4 aromatic rings. The molecule has 2 heterocycles. The van der Waals surface area contributed by atoms with Crippen molar-refractivity contribution in [2.75, 3.05) is 19.5 Å². The topological polar surface area (TPSA) is 86.9 Å². The van der Waals surface area contributed by atoms with Crippen LogP contribution in [0.1, 0.15) is 23.2 Å². The number of aromatic nitrogens is 3. The average Bonchev–Trinajstić information content (AvgIpc) is 3.29. The molecule has 34 heavy (non-hydrogen) atoms. The molecule has 8 heteroatoms. The van der Waals surface area contributed by atoms with E-state index < -0.39 is 0 Å². The van der Waals surface area contributed by atoms with Crippen LogP contribution in [0.25, 0.3) is 16.9 Å². The van der Waals surface area contributed by atoms with Gasteiger partial charge in [-0.3, -0.25) is 9.59 Å². The highest BCUT2D eigenvalue weighted by molar-refractivity contribution is 5.92. The molecular weight excluding hydrogens is 432 g/mol. The largest absolute Gasteiger partial charge is 0.497 e. The van der Waals surface area contributed by atoms with Gasteiger partial charge in [0, 0.05) is 42.4 Å². The third-order valence-corrected chi connectivity index (χ3v) is 6.13. The zero-order valence-electron chi connectivity index (χ0n) is 20.0. The number of methoxy groups -OCH3 is 2. The van der Waals surface area contributed by atoms with E-state index in [4.69, 9.17) is 9.47 Å². The van der Waals surface area contributed by atoms with Gasteiger partial charge in [-0.05, 0) is 38.0 Å². The van der Waals surface area contributed by atoms with Gasteiger partial charge in [-0.25, -0.2) is 0 Å². The first kappa shape index (κ1) is 23.1. The van der Waals surface area contributed by atoms with Crippen molar-refractivity contribution in [3.8, 4) is 22.8 Å². The fourth-order valence-corrected chi connectivity index (χ4v) is 4.05. The first-order chi connectivity index (χ1) is 16.3. The smallest absolute Gasteiger partial charge is 0.277 e. The SMILES string of the molecule is COc1ccc(NC(=O)CCc2c(C)n(C)c3cc(-c4ccccc4C)nn3c2=O)c(OC)c1. The van der Waals surface area contributed by atoms with Crippen molar-refractivity contribution in [2.24, 2.45) is 7.05 Å². The quantitative estimate of drug-likeness (QED) is 0.452. The minimum absolute atomic E-state index is 0.142. The lowest BCUT2D eigenvalue weighted by atomic mass is 10.1. The summed E-state index contributed by atoms with van der Waals surface area (Å²) < 4.78 is 13.9. The van der Waals surface area contributed by atoms with Gasteiger partial charge in [0.15, 0.2) is 0 Å². The van der Waals surface area contributed by atoms with E-state index in [0.717, 1.165) is 22.5 Å². The van der Waals surface area contributed by atoms with Crippen LogP contribution in [0.15, 0.2) is 53.3 Å². The van der Waals surface area contributed by atoms with Crippen molar-refractivity contribution in [1.82, 2.24) is 14.2 Å². The van der Waals surface area contributed by atoms with Gasteiger partial charge in [0.05, 0.1) is 25.6 Å². The van der Waals surface area contributed by atoms with Crippen molar-refractivity contribution in [3.63, 3.8) is 0 Å². The number of amides is 1. The molecule has 0 atom stereocenters. The molecule has 8 nitrogen and oxygen atoms in total. The third kappa shape index (κ3) is 4.26. The molecule has 0 unspecified atom stereocenters. The maximum Gasteiger partial charge on any atom is 0.277 e. The fraction of sp³-hybridized carbons (Fsp3) is 0.269. The van der Waals surface area contributed by atoms with E-state index in [2.05, 4.69) is 10.4 Å². The Bertz CT molecular complexity index is 1440. The number of anilines is 1. The lowest BCUT2D eigenvalue weighted by molar-refractivity contribution is -0.116. The highest BCUT2D eigenvalue weighted by atomic mass is 16.5. The summed E-state index contributed by atoms with van der Waals surface area (Å²) in [6.07, 6.45) is 0.432. The predicted molar refractivity (Wildman–Crippen MR) is 132 cm³/mol. The van der Waals surface area contributed by atoms with E-state index >= 15 is 0 Å². The molecular formula is C26H28N4O4. The molecule has 1 amide bonds. The van der Waals surface area contributed by atoms with Gasteiger partial charge in [0.2, 0.25) is 5.91 Å². The van der Waals surface area contributed by atoms with Crippen LogP contribution >= 0.6 is 0 Å². The van der Waals surface area contributed by atoms with E-state index in [1.807, 2.05) is 55.8 Å². The van der Waals surface area contributed by atoms with Gasteiger partial charge in [0.1, 0.15) is 17.1 Å². The van der Waals surface area contributed by atoms with E-state index in [1.165, 1.54) is 11.6 Å². The Labute approximate surface area is 197 Å². The first-order valence-corrected chi connectivity index (χ1v) is 11.0. The average molecular weight is 461 g/mol. The summed E-state index contributed by atoms with van der Waals surface area (Å²) in [5, 5.41) is 7.45. The molecule has 0 fully saturated rings. The van der Waals surface area contributed by atoms with Gasteiger partial charge in [-0.15, -0.1) is 0 Å². The second-order valence-corrected chi connectivity index (χ2v) is 8.16. The molecule has 176 valence electrons. The van der Waals surface area contributed by atoms with Crippen LogP contribution in [0.5, 0.6) is 11.5 Å². The van der Waals surface area contributed by atoms with Crippen LogP contribution in [-0.4, -0.2) is 34.3 Å². The lowest BCUT2D eigenvalue weighted by Gasteiger charge is -2.13. The molecule has 0 aliphatic rings. The van der Waals surface area contributed by atoms with Crippen molar-refractivity contribution in [3.05, 3.63) is 75.7 Å². The zero-order valence-corrected chi connectivity index (χ0v) is 20.0. The Balaban J connectivity index is 1.60. The molecule has 1 N–H and O–H groups in total. The van der Waals surface area contributed by atoms with Gasteiger partial charge in [-0.1, -0.05) is 24.3 Å². The number of carbonyl (C=O) groups excluding carboxylic acids is 1. The number of hydrogen-bond acceptors (Lipinski definition) is 5. The Kier molecular flexibility index (Phi) is 6.40. The second kappa shape index (κ2) is 9.43. The first-order valence-electron chi connectivity index (χ1n) is 11.0. The second-order valence-electron chi connectivity index (χ2n) is 8.16. The monoisotopic (exact) mass is 460 g/mol.